The highest BCUT2D eigenvalue weighted by molar-refractivity contribution is 6.32. The van der Waals surface area contributed by atoms with Crippen molar-refractivity contribution in [2.75, 3.05) is 12.4 Å². The van der Waals surface area contributed by atoms with Gasteiger partial charge in [0, 0.05) is 12.1 Å². The highest BCUT2D eigenvalue weighted by Crippen LogP contribution is 2.25. The second-order valence-corrected chi connectivity index (χ2v) is 6.11. The molecule has 0 aliphatic heterocycles. The van der Waals surface area contributed by atoms with Crippen molar-refractivity contribution >= 4 is 29.2 Å². The SMILES string of the molecule is COc1ccc(CCC(=O)Nc2ccc(C(C)C(=O)O)cc2)cc1Cl. The van der Waals surface area contributed by atoms with Crippen molar-refractivity contribution < 1.29 is 19.4 Å². The summed E-state index contributed by atoms with van der Waals surface area (Å²) >= 11 is 6.07. The van der Waals surface area contributed by atoms with Gasteiger partial charge in [-0.05, 0) is 48.7 Å². The summed E-state index contributed by atoms with van der Waals surface area (Å²) in [4.78, 5) is 23.0. The van der Waals surface area contributed by atoms with E-state index in [-0.39, 0.29) is 5.91 Å². The molecule has 1 amide bonds. The third-order valence-corrected chi connectivity index (χ3v) is 4.22. The molecule has 0 saturated heterocycles. The molecule has 0 bridgehead atoms. The molecule has 1 unspecified atom stereocenters. The number of carbonyl (C=O) groups is 2. The molecule has 0 aliphatic rings. The lowest BCUT2D eigenvalue weighted by Gasteiger charge is -2.09. The van der Waals surface area contributed by atoms with Crippen LogP contribution in [0.2, 0.25) is 5.02 Å². The largest absolute Gasteiger partial charge is 0.495 e. The van der Waals surface area contributed by atoms with Crippen molar-refractivity contribution in [2.24, 2.45) is 0 Å². The maximum Gasteiger partial charge on any atom is 0.310 e. The summed E-state index contributed by atoms with van der Waals surface area (Å²) in [5, 5.41) is 12.3. The van der Waals surface area contributed by atoms with Gasteiger partial charge in [-0.1, -0.05) is 29.8 Å². The van der Waals surface area contributed by atoms with Gasteiger partial charge in [0.05, 0.1) is 18.1 Å². The van der Waals surface area contributed by atoms with Crippen LogP contribution in [0.15, 0.2) is 42.5 Å². The molecular formula is C19H20ClNO4. The Morgan fingerprint density at radius 1 is 1.20 bits per heavy atom. The van der Waals surface area contributed by atoms with E-state index in [0.29, 0.717) is 34.9 Å². The van der Waals surface area contributed by atoms with Gasteiger partial charge < -0.3 is 15.2 Å². The molecule has 2 aromatic carbocycles. The molecule has 2 rings (SSSR count). The number of aliphatic carboxylic acids is 1. The lowest BCUT2D eigenvalue weighted by atomic mass is 10.0. The molecule has 1 atom stereocenters. The van der Waals surface area contributed by atoms with Gasteiger partial charge in [-0.15, -0.1) is 0 Å². The Hall–Kier alpha value is -2.53. The lowest BCUT2D eigenvalue weighted by Crippen LogP contribution is -2.12. The number of nitrogens with one attached hydrogen (secondary N) is 1. The first-order valence-corrected chi connectivity index (χ1v) is 8.23. The van der Waals surface area contributed by atoms with Crippen molar-refractivity contribution in [1.82, 2.24) is 0 Å². The lowest BCUT2D eigenvalue weighted by molar-refractivity contribution is -0.138. The predicted octanol–water partition coefficient (Wildman–Crippen LogP) is 4.11. The normalized spacial score (nSPS) is 11.6. The Morgan fingerprint density at radius 3 is 2.44 bits per heavy atom. The Bertz CT molecular complexity index is 759. The van der Waals surface area contributed by atoms with E-state index in [2.05, 4.69) is 5.32 Å². The van der Waals surface area contributed by atoms with Gasteiger partial charge in [-0.3, -0.25) is 9.59 Å². The number of hydrogen-bond donors (Lipinski definition) is 2. The van der Waals surface area contributed by atoms with Crippen LogP contribution in [0.25, 0.3) is 0 Å². The third-order valence-electron chi connectivity index (χ3n) is 3.92. The van der Waals surface area contributed by atoms with E-state index < -0.39 is 11.9 Å². The second kappa shape index (κ2) is 8.53. The molecule has 25 heavy (non-hydrogen) atoms. The summed E-state index contributed by atoms with van der Waals surface area (Å²) in [5.74, 6) is -0.976. The summed E-state index contributed by atoms with van der Waals surface area (Å²) in [6, 6.07) is 12.3. The van der Waals surface area contributed by atoms with E-state index in [1.165, 1.54) is 0 Å². The minimum atomic E-state index is -0.880. The van der Waals surface area contributed by atoms with Crippen LogP contribution in [-0.4, -0.2) is 24.1 Å². The molecule has 6 heteroatoms. The van der Waals surface area contributed by atoms with Crippen molar-refractivity contribution in [1.29, 1.82) is 0 Å². The smallest absolute Gasteiger partial charge is 0.310 e. The van der Waals surface area contributed by atoms with Crippen molar-refractivity contribution in [3.8, 4) is 5.75 Å². The van der Waals surface area contributed by atoms with E-state index in [1.807, 2.05) is 6.07 Å². The number of ether oxygens (including phenoxy) is 1. The van der Waals surface area contributed by atoms with Gasteiger partial charge >= 0.3 is 5.97 Å². The number of methoxy groups -OCH3 is 1. The summed E-state index contributed by atoms with van der Waals surface area (Å²) in [7, 11) is 1.55. The highest BCUT2D eigenvalue weighted by atomic mass is 35.5. The average molecular weight is 362 g/mol. The Balaban J connectivity index is 1.90. The topological polar surface area (TPSA) is 75.6 Å². The molecule has 0 radical (unpaired) electrons. The number of anilines is 1. The zero-order chi connectivity index (χ0) is 18.4. The van der Waals surface area contributed by atoms with Crippen LogP contribution in [0, 0.1) is 0 Å². The quantitative estimate of drug-likeness (QED) is 0.778. The van der Waals surface area contributed by atoms with E-state index >= 15 is 0 Å². The van der Waals surface area contributed by atoms with Crippen LogP contribution in [0.5, 0.6) is 5.75 Å². The fourth-order valence-corrected chi connectivity index (χ4v) is 2.62. The van der Waals surface area contributed by atoms with Crippen molar-refractivity contribution in [3.63, 3.8) is 0 Å². The summed E-state index contributed by atoms with van der Waals surface area (Å²) < 4.78 is 5.10. The number of carboxylic acids is 1. The van der Waals surface area contributed by atoms with Crippen molar-refractivity contribution in [3.05, 3.63) is 58.6 Å². The number of carboxylic acid groups (broad SMARTS) is 1. The van der Waals surface area contributed by atoms with Gasteiger partial charge in [0.15, 0.2) is 0 Å². The first kappa shape index (κ1) is 18.8. The predicted molar refractivity (Wildman–Crippen MR) is 97.4 cm³/mol. The standard InChI is InChI=1S/C19H20ClNO4/c1-12(19(23)24)14-5-7-15(8-6-14)21-18(22)10-4-13-3-9-17(25-2)16(20)11-13/h3,5-9,11-12H,4,10H2,1-2H3,(H,21,22)(H,23,24). The Morgan fingerprint density at radius 2 is 1.88 bits per heavy atom. The number of amides is 1. The van der Waals surface area contributed by atoms with Crippen LogP contribution in [0.4, 0.5) is 5.69 Å². The first-order chi connectivity index (χ1) is 11.9. The molecule has 2 aromatic rings. The molecule has 2 N–H and O–H groups in total. The van der Waals surface area contributed by atoms with E-state index in [1.54, 1.807) is 50.4 Å². The number of rotatable bonds is 7. The fraction of sp³-hybridized carbons (Fsp3) is 0.263. The highest BCUT2D eigenvalue weighted by Gasteiger charge is 2.13. The van der Waals surface area contributed by atoms with E-state index in [4.69, 9.17) is 21.4 Å². The fourth-order valence-electron chi connectivity index (χ4n) is 2.34. The van der Waals surface area contributed by atoms with E-state index in [0.717, 1.165) is 5.56 Å². The molecule has 0 heterocycles. The van der Waals surface area contributed by atoms with Gasteiger partial charge in [0.2, 0.25) is 5.91 Å². The summed E-state index contributed by atoms with van der Waals surface area (Å²) in [5.41, 5.74) is 2.28. The Labute approximate surface area is 151 Å². The third kappa shape index (κ3) is 5.22. The molecule has 0 aliphatic carbocycles. The van der Waals surface area contributed by atoms with E-state index in [9.17, 15) is 9.59 Å². The first-order valence-electron chi connectivity index (χ1n) is 7.85. The number of carbonyl (C=O) groups excluding carboxylic acids is 1. The van der Waals surface area contributed by atoms with Gasteiger partial charge in [-0.2, -0.15) is 0 Å². The van der Waals surface area contributed by atoms with Crippen LogP contribution in [0.1, 0.15) is 30.4 Å². The summed E-state index contributed by atoms with van der Waals surface area (Å²) in [6.07, 6.45) is 0.875. The molecular weight excluding hydrogens is 342 g/mol. The molecule has 0 spiro atoms. The number of halogens is 1. The summed E-state index contributed by atoms with van der Waals surface area (Å²) in [6.45, 7) is 1.62. The van der Waals surface area contributed by atoms with Gasteiger partial charge in [0.25, 0.3) is 0 Å². The van der Waals surface area contributed by atoms with Crippen LogP contribution in [0.3, 0.4) is 0 Å². The van der Waals surface area contributed by atoms with Crippen molar-refractivity contribution in [2.45, 2.75) is 25.7 Å². The molecule has 0 aromatic heterocycles. The molecule has 0 fully saturated rings. The van der Waals surface area contributed by atoms with Gasteiger partial charge in [0.1, 0.15) is 5.75 Å². The monoisotopic (exact) mass is 361 g/mol. The zero-order valence-electron chi connectivity index (χ0n) is 14.1. The number of aryl methyl sites for hydroxylation is 1. The molecule has 132 valence electrons. The zero-order valence-corrected chi connectivity index (χ0v) is 14.8. The molecule has 0 saturated carbocycles. The minimum absolute atomic E-state index is 0.119. The maximum absolute atomic E-state index is 12.1. The maximum atomic E-state index is 12.1. The second-order valence-electron chi connectivity index (χ2n) is 5.70. The van der Waals surface area contributed by atoms with Gasteiger partial charge in [-0.25, -0.2) is 0 Å². The number of hydrogen-bond acceptors (Lipinski definition) is 3. The Kier molecular flexibility index (Phi) is 6.42. The van der Waals surface area contributed by atoms with Crippen LogP contribution in [-0.2, 0) is 16.0 Å². The average Bonchev–Trinajstić information content (AvgIpc) is 2.60. The molecule has 5 nitrogen and oxygen atoms in total. The van der Waals surface area contributed by atoms with Crippen LogP contribution < -0.4 is 10.1 Å². The van der Waals surface area contributed by atoms with Crippen LogP contribution >= 0.6 is 11.6 Å². The number of benzene rings is 2. The minimum Gasteiger partial charge on any atom is -0.495 e.